The maximum Gasteiger partial charge on any atom is 0.349 e. The largest absolute Gasteiger partial charge is 0.448 e. The molecule has 5 nitrogen and oxygen atoms in total. The van der Waals surface area contributed by atoms with E-state index >= 15 is 0 Å². The number of benzene rings is 1. The van der Waals surface area contributed by atoms with Gasteiger partial charge in [0.25, 0.3) is 5.91 Å². The zero-order valence-corrected chi connectivity index (χ0v) is 19.2. The van der Waals surface area contributed by atoms with E-state index in [1.54, 1.807) is 25.1 Å². The number of esters is 1. The van der Waals surface area contributed by atoms with Crippen LogP contribution in [0, 0.1) is 0 Å². The second-order valence-electron chi connectivity index (χ2n) is 6.97. The van der Waals surface area contributed by atoms with Crippen molar-refractivity contribution in [1.82, 2.24) is 4.98 Å². The monoisotopic (exact) mass is 480 g/mol. The van der Waals surface area contributed by atoms with Gasteiger partial charge >= 0.3 is 5.97 Å². The standard InChI is InChI=1S/C21H18Cl2N2O3S2/c1-11(28-20(27)18-9-13-4-2-3-5-17(13)30-18)19(26)25-21-24-16(10-29-21)12-6-7-14(22)15(23)8-12/h6-11H,2-5H2,1H3,(H,24,25,26). The van der Waals surface area contributed by atoms with E-state index in [-0.39, 0.29) is 0 Å². The highest BCUT2D eigenvalue weighted by atomic mass is 35.5. The number of aromatic nitrogens is 1. The molecule has 1 aliphatic carbocycles. The molecule has 0 spiro atoms. The van der Waals surface area contributed by atoms with Gasteiger partial charge in [0.05, 0.1) is 15.7 Å². The fourth-order valence-corrected chi connectivity index (χ4v) is 5.35. The van der Waals surface area contributed by atoms with E-state index in [4.69, 9.17) is 27.9 Å². The number of hydrogen-bond acceptors (Lipinski definition) is 6. The van der Waals surface area contributed by atoms with Gasteiger partial charge < -0.3 is 4.74 Å². The average molecular weight is 481 g/mol. The minimum atomic E-state index is -0.936. The fourth-order valence-electron chi connectivity index (χ4n) is 3.19. The first-order valence-electron chi connectivity index (χ1n) is 9.45. The van der Waals surface area contributed by atoms with Crippen molar-refractivity contribution in [3.05, 3.63) is 55.0 Å². The SMILES string of the molecule is CC(OC(=O)c1cc2c(s1)CCCC2)C(=O)Nc1nc(-c2ccc(Cl)c(Cl)c2)cs1. The van der Waals surface area contributed by atoms with Crippen LogP contribution < -0.4 is 5.32 Å². The number of hydrogen-bond donors (Lipinski definition) is 1. The molecule has 4 rings (SSSR count). The Morgan fingerprint density at radius 1 is 1.17 bits per heavy atom. The number of aryl methyl sites for hydroxylation is 2. The summed E-state index contributed by atoms with van der Waals surface area (Å²) in [6.45, 7) is 1.55. The number of carbonyl (C=O) groups is 2. The summed E-state index contributed by atoms with van der Waals surface area (Å²) in [7, 11) is 0. The van der Waals surface area contributed by atoms with Crippen LogP contribution in [0.3, 0.4) is 0 Å². The van der Waals surface area contributed by atoms with Crippen LogP contribution in [0.1, 0.15) is 39.9 Å². The summed E-state index contributed by atoms with van der Waals surface area (Å²) in [5, 5.41) is 5.82. The van der Waals surface area contributed by atoms with Gasteiger partial charge in [0.2, 0.25) is 0 Å². The molecule has 30 heavy (non-hydrogen) atoms. The van der Waals surface area contributed by atoms with Crippen molar-refractivity contribution in [3.63, 3.8) is 0 Å². The van der Waals surface area contributed by atoms with E-state index in [1.807, 2.05) is 11.4 Å². The van der Waals surface area contributed by atoms with E-state index in [9.17, 15) is 9.59 Å². The molecule has 0 radical (unpaired) electrons. The van der Waals surface area contributed by atoms with E-state index in [0.29, 0.717) is 25.7 Å². The van der Waals surface area contributed by atoms with Crippen LogP contribution in [0.4, 0.5) is 5.13 Å². The van der Waals surface area contributed by atoms with Crippen LogP contribution in [0.15, 0.2) is 29.6 Å². The first-order valence-corrected chi connectivity index (χ1v) is 11.9. The lowest BCUT2D eigenvalue weighted by atomic mass is 9.99. The molecule has 2 heterocycles. The molecule has 1 atom stereocenters. The highest BCUT2D eigenvalue weighted by molar-refractivity contribution is 7.14. The third-order valence-electron chi connectivity index (χ3n) is 4.80. The van der Waals surface area contributed by atoms with Crippen LogP contribution in [-0.4, -0.2) is 23.0 Å². The number of carbonyl (C=O) groups excluding carboxylic acids is 2. The number of thiazole rings is 1. The number of anilines is 1. The Balaban J connectivity index is 1.37. The van der Waals surface area contributed by atoms with Gasteiger partial charge in [0.15, 0.2) is 11.2 Å². The van der Waals surface area contributed by atoms with Gasteiger partial charge in [-0.1, -0.05) is 29.3 Å². The van der Waals surface area contributed by atoms with Crippen LogP contribution in [-0.2, 0) is 22.4 Å². The fraction of sp³-hybridized carbons (Fsp3) is 0.286. The molecule has 1 aliphatic rings. The van der Waals surface area contributed by atoms with Gasteiger partial charge in [-0.15, -0.1) is 22.7 Å². The molecule has 1 amide bonds. The minimum Gasteiger partial charge on any atom is -0.448 e. The zero-order valence-electron chi connectivity index (χ0n) is 16.0. The van der Waals surface area contributed by atoms with Crippen LogP contribution in [0.25, 0.3) is 11.3 Å². The van der Waals surface area contributed by atoms with Crippen molar-refractivity contribution < 1.29 is 14.3 Å². The summed E-state index contributed by atoms with van der Waals surface area (Å²) in [5.74, 6) is -0.896. The van der Waals surface area contributed by atoms with Gasteiger partial charge in [-0.3, -0.25) is 10.1 Å². The lowest BCUT2D eigenvalue weighted by molar-refractivity contribution is -0.123. The topological polar surface area (TPSA) is 68.3 Å². The Labute approximate surface area is 192 Å². The third-order valence-corrected chi connectivity index (χ3v) is 7.51. The number of halogens is 2. The summed E-state index contributed by atoms with van der Waals surface area (Å²) in [6.07, 6.45) is 3.37. The van der Waals surface area contributed by atoms with Crippen LogP contribution in [0.5, 0.6) is 0 Å². The molecule has 1 aromatic carbocycles. The number of fused-ring (bicyclic) bond motifs is 1. The second-order valence-corrected chi connectivity index (χ2v) is 9.78. The summed E-state index contributed by atoms with van der Waals surface area (Å²) in [6, 6.07) is 7.12. The predicted molar refractivity (Wildman–Crippen MR) is 122 cm³/mol. The molecule has 0 saturated heterocycles. The molecular weight excluding hydrogens is 463 g/mol. The number of rotatable bonds is 5. The predicted octanol–water partition coefficient (Wildman–Crippen LogP) is 6.24. The van der Waals surface area contributed by atoms with E-state index < -0.39 is 18.0 Å². The van der Waals surface area contributed by atoms with Gasteiger partial charge in [-0.25, -0.2) is 9.78 Å². The van der Waals surface area contributed by atoms with Crippen molar-refractivity contribution >= 4 is 62.9 Å². The zero-order chi connectivity index (χ0) is 21.3. The number of nitrogens with zero attached hydrogens (tertiary/aromatic N) is 1. The molecule has 2 aromatic heterocycles. The normalized spacial score (nSPS) is 14.1. The quantitative estimate of drug-likeness (QED) is 0.438. The lowest BCUT2D eigenvalue weighted by Crippen LogP contribution is -2.29. The van der Waals surface area contributed by atoms with E-state index in [2.05, 4.69) is 10.3 Å². The number of amides is 1. The molecule has 0 fully saturated rings. The first kappa shape index (κ1) is 21.3. The molecule has 156 valence electrons. The average Bonchev–Trinajstić information content (AvgIpc) is 3.37. The first-order chi connectivity index (χ1) is 14.4. The summed E-state index contributed by atoms with van der Waals surface area (Å²) >= 11 is 14.7. The Hall–Kier alpha value is -1.93. The van der Waals surface area contributed by atoms with Gasteiger partial charge in [0, 0.05) is 15.8 Å². The molecule has 0 aliphatic heterocycles. The van der Waals surface area contributed by atoms with E-state index in [0.717, 1.165) is 31.2 Å². The van der Waals surface area contributed by atoms with Gasteiger partial charge in [-0.05, 0) is 56.4 Å². The highest BCUT2D eigenvalue weighted by Crippen LogP contribution is 2.31. The van der Waals surface area contributed by atoms with Crippen molar-refractivity contribution in [2.24, 2.45) is 0 Å². The van der Waals surface area contributed by atoms with Crippen molar-refractivity contribution in [2.75, 3.05) is 5.32 Å². The van der Waals surface area contributed by atoms with Gasteiger partial charge in [-0.2, -0.15) is 0 Å². The second kappa shape index (κ2) is 9.06. The third kappa shape index (κ3) is 4.70. The molecule has 1 N–H and O–H groups in total. The van der Waals surface area contributed by atoms with E-state index in [1.165, 1.54) is 33.1 Å². The van der Waals surface area contributed by atoms with Gasteiger partial charge in [0.1, 0.15) is 4.88 Å². The summed E-state index contributed by atoms with van der Waals surface area (Å²) in [4.78, 5) is 31.1. The van der Waals surface area contributed by atoms with Crippen LogP contribution >= 0.6 is 45.9 Å². The smallest absolute Gasteiger partial charge is 0.349 e. The van der Waals surface area contributed by atoms with Crippen molar-refractivity contribution in [3.8, 4) is 11.3 Å². The minimum absolute atomic E-state index is 0.413. The Bertz CT molecular complexity index is 1090. The lowest BCUT2D eigenvalue weighted by Gasteiger charge is -2.11. The Morgan fingerprint density at radius 3 is 2.73 bits per heavy atom. The molecule has 1 unspecified atom stereocenters. The number of thiophene rings is 1. The Morgan fingerprint density at radius 2 is 1.97 bits per heavy atom. The van der Waals surface area contributed by atoms with Crippen molar-refractivity contribution in [1.29, 1.82) is 0 Å². The molecular formula is C21H18Cl2N2O3S2. The maximum atomic E-state index is 12.5. The molecule has 0 bridgehead atoms. The van der Waals surface area contributed by atoms with Crippen molar-refractivity contribution in [2.45, 2.75) is 38.7 Å². The summed E-state index contributed by atoms with van der Waals surface area (Å²) < 4.78 is 5.37. The Kier molecular flexibility index (Phi) is 6.43. The maximum absolute atomic E-state index is 12.5. The molecule has 3 aromatic rings. The molecule has 0 saturated carbocycles. The summed E-state index contributed by atoms with van der Waals surface area (Å²) in [5.41, 5.74) is 2.69. The number of ether oxygens (including phenoxy) is 1. The number of nitrogens with one attached hydrogen (secondary N) is 1. The van der Waals surface area contributed by atoms with Crippen LogP contribution in [0.2, 0.25) is 10.0 Å². The molecule has 9 heteroatoms. The highest BCUT2D eigenvalue weighted by Gasteiger charge is 2.23.